The van der Waals surface area contributed by atoms with E-state index in [9.17, 15) is 9.59 Å². The summed E-state index contributed by atoms with van der Waals surface area (Å²) in [5.74, 6) is 0.230. The van der Waals surface area contributed by atoms with E-state index in [1.54, 1.807) is 17.6 Å². The van der Waals surface area contributed by atoms with E-state index in [1.807, 2.05) is 25.1 Å². The molecule has 0 unspecified atom stereocenters. The first-order valence-electron chi connectivity index (χ1n) is 8.78. The molecule has 0 aliphatic rings. The number of hydrogen-bond acceptors (Lipinski definition) is 4. The Morgan fingerprint density at radius 3 is 2.52 bits per heavy atom. The van der Waals surface area contributed by atoms with Gasteiger partial charge >= 0.3 is 0 Å². The predicted molar refractivity (Wildman–Crippen MR) is 104 cm³/mol. The van der Waals surface area contributed by atoms with Gasteiger partial charge < -0.3 is 5.73 Å². The van der Waals surface area contributed by atoms with Gasteiger partial charge in [-0.2, -0.15) is 0 Å². The Morgan fingerprint density at radius 2 is 1.88 bits per heavy atom. The second kappa shape index (κ2) is 8.52. The number of benzene rings is 1. The van der Waals surface area contributed by atoms with E-state index in [1.165, 1.54) is 11.8 Å². The average molecular weight is 362 g/mol. The lowest BCUT2D eigenvalue weighted by Gasteiger charge is -2.21. The highest BCUT2D eigenvalue weighted by atomic mass is 32.2. The molecular weight excluding hydrogens is 334 g/mol. The van der Waals surface area contributed by atoms with Crippen molar-refractivity contribution in [2.75, 3.05) is 0 Å². The molecule has 2 aromatic rings. The predicted octanol–water partition coefficient (Wildman–Crippen LogP) is 3.75. The molecule has 1 heterocycles. The molecule has 0 fully saturated rings. The second-order valence-electron chi connectivity index (χ2n) is 6.92. The summed E-state index contributed by atoms with van der Waals surface area (Å²) in [5, 5.41) is 0.725. The molecule has 2 rings (SSSR count). The van der Waals surface area contributed by atoms with E-state index in [4.69, 9.17) is 5.73 Å². The van der Waals surface area contributed by atoms with Crippen molar-refractivity contribution in [2.45, 2.75) is 63.4 Å². The molecule has 1 aromatic carbocycles. The molecule has 2 N–H and O–H groups in total. The topological polar surface area (TPSA) is 78.0 Å². The number of rotatable bonds is 8. The van der Waals surface area contributed by atoms with Gasteiger partial charge in [0, 0.05) is 6.04 Å². The van der Waals surface area contributed by atoms with Crippen LogP contribution < -0.4 is 11.3 Å². The number of primary amides is 1. The molecule has 6 heteroatoms. The van der Waals surface area contributed by atoms with Crippen molar-refractivity contribution < 1.29 is 4.79 Å². The highest BCUT2D eigenvalue weighted by Crippen LogP contribution is 2.26. The fourth-order valence-electron chi connectivity index (χ4n) is 2.76. The van der Waals surface area contributed by atoms with Crippen molar-refractivity contribution in [3.05, 3.63) is 34.6 Å². The average Bonchev–Trinajstić information content (AvgIpc) is 2.54. The summed E-state index contributed by atoms with van der Waals surface area (Å²) in [6.45, 7) is 8.17. The Morgan fingerprint density at radius 1 is 1.20 bits per heavy atom. The maximum absolute atomic E-state index is 13.0. The van der Waals surface area contributed by atoms with Crippen LogP contribution in [-0.4, -0.2) is 20.7 Å². The third-order valence-corrected chi connectivity index (χ3v) is 5.39. The molecule has 5 nitrogen and oxygen atoms in total. The van der Waals surface area contributed by atoms with Crippen LogP contribution >= 0.6 is 11.8 Å². The molecule has 0 saturated heterocycles. The molecular formula is C19H27N3O2S. The van der Waals surface area contributed by atoms with Crippen molar-refractivity contribution in [1.29, 1.82) is 0 Å². The standard InChI is InChI=1S/C19H27N3O2S/c1-12(2)8-7-9-13(3)22-18(24)15-10-5-6-11-16(15)21-19(22)25-14(4)17(20)23/h5-6,10-14H,7-9H2,1-4H3,(H2,20,23)/t13-,14-/m0/s1. The zero-order valence-corrected chi connectivity index (χ0v) is 16.2. The van der Waals surface area contributed by atoms with Crippen molar-refractivity contribution in [2.24, 2.45) is 11.7 Å². The van der Waals surface area contributed by atoms with Crippen LogP contribution in [0.1, 0.15) is 53.0 Å². The molecule has 0 spiro atoms. The SMILES string of the molecule is CC(C)CCC[C@H](C)n1c(S[C@@H](C)C(N)=O)nc2ccccc2c1=O. The molecule has 0 bridgehead atoms. The molecule has 1 aromatic heterocycles. The molecule has 0 aliphatic heterocycles. The van der Waals surface area contributed by atoms with Gasteiger partial charge in [-0.25, -0.2) is 4.98 Å². The Labute approximate surface area is 153 Å². The minimum atomic E-state index is -0.442. The number of amides is 1. The number of carbonyl (C=O) groups excluding carboxylic acids is 1. The van der Waals surface area contributed by atoms with Crippen LogP contribution in [0.2, 0.25) is 0 Å². The normalized spacial score (nSPS) is 14.0. The number of carbonyl (C=O) groups is 1. The summed E-state index contributed by atoms with van der Waals surface area (Å²) in [6.07, 6.45) is 3.07. The Bertz CT molecular complexity index is 801. The first-order valence-corrected chi connectivity index (χ1v) is 9.66. The maximum atomic E-state index is 13.0. The van der Waals surface area contributed by atoms with E-state index in [2.05, 4.69) is 18.8 Å². The summed E-state index contributed by atoms with van der Waals surface area (Å²) in [5.41, 5.74) is 6.00. The van der Waals surface area contributed by atoms with Crippen molar-refractivity contribution in [3.63, 3.8) is 0 Å². The molecule has 2 atom stereocenters. The first-order chi connectivity index (χ1) is 11.8. The third kappa shape index (κ3) is 4.84. The van der Waals surface area contributed by atoms with E-state index in [-0.39, 0.29) is 11.6 Å². The molecule has 136 valence electrons. The number of thioether (sulfide) groups is 1. The first kappa shape index (κ1) is 19.5. The summed E-state index contributed by atoms with van der Waals surface area (Å²) in [4.78, 5) is 29.1. The number of aromatic nitrogens is 2. The van der Waals surface area contributed by atoms with Gasteiger partial charge in [0.1, 0.15) is 0 Å². The molecule has 25 heavy (non-hydrogen) atoms. The zero-order chi connectivity index (χ0) is 18.6. The van der Waals surface area contributed by atoms with Crippen LogP contribution in [0.5, 0.6) is 0 Å². The molecule has 0 radical (unpaired) electrons. The number of para-hydroxylation sites is 1. The van der Waals surface area contributed by atoms with Gasteiger partial charge in [-0.15, -0.1) is 0 Å². The zero-order valence-electron chi connectivity index (χ0n) is 15.4. The maximum Gasteiger partial charge on any atom is 0.262 e. The quantitative estimate of drug-likeness (QED) is 0.574. The lowest BCUT2D eigenvalue weighted by atomic mass is 10.0. The number of hydrogen-bond donors (Lipinski definition) is 1. The van der Waals surface area contributed by atoms with Gasteiger partial charge in [0.15, 0.2) is 5.16 Å². The molecule has 0 aliphatic carbocycles. The minimum absolute atomic E-state index is 0.0194. The van der Waals surface area contributed by atoms with Crippen LogP contribution in [-0.2, 0) is 4.79 Å². The van der Waals surface area contributed by atoms with E-state index in [0.717, 1.165) is 19.3 Å². The fraction of sp³-hybridized carbons (Fsp3) is 0.526. The number of nitrogens with two attached hydrogens (primary N) is 1. The fourth-order valence-corrected chi connectivity index (χ4v) is 3.72. The lowest BCUT2D eigenvalue weighted by molar-refractivity contribution is -0.117. The largest absolute Gasteiger partial charge is 0.369 e. The van der Waals surface area contributed by atoms with Gasteiger partial charge in [0.25, 0.3) is 5.56 Å². The summed E-state index contributed by atoms with van der Waals surface area (Å²) in [6, 6.07) is 7.35. The van der Waals surface area contributed by atoms with Crippen LogP contribution in [0.4, 0.5) is 0 Å². The number of fused-ring (bicyclic) bond motifs is 1. The minimum Gasteiger partial charge on any atom is -0.369 e. The van der Waals surface area contributed by atoms with E-state index in [0.29, 0.717) is 22.0 Å². The number of nitrogens with zero attached hydrogens (tertiary/aromatic N) is 2. The monoisotopic (exact) mass is 361 g/mol. The Balaban J connectivity index is 2.44. The van der Waals surface area contributed by atoms with Crippen LogP contribution in [0.15, 0.2) is 34.2 Å². The van der Waals surface area contributed by atoms with Gasteiger partial charge in [-0.1, -0.05) is 50.6 Å². The van der Waals surface area contributed by atoms with Gasteiger partial charge in [0.05, 0.1) is 16.2 Å². The smallest absolute Gasteiger partial charge is 0.262 e. The Hall–Kier alpha value is -1.82. The third-order valence-electron chi connectivity index (χ3n) is 4.30. The summed E-state index contributed by atoms with van der Waals surface area (Å²) < 4.78 is 1.73. The lowest BCUT2D eigenvalue weighted by Crippen LogP contribution is -2.29. The highest BCUT2D eigenvalue weighted by Gasteiger charge is 2.20. The van der Waals surface area contributed by atoms with Gasteiger partial charge in [-0.05, 0) is 38.3 Å². The van der Waals surface area contributed by atoms with E-state index >= 15 is 0 Å². The van der Waals surface area contributed by atoms with Gasteiger partial charge in [0.2, 0.25) is 5.91 Å². The Kier molecular flexibility index (Phi) is 6.64. The van der Waals surface area contributed by atoms with Crippen molar-refractivity contribution in [3.8, 4) is 0 Å². The molecule has 1 amide bonds. The summed E-state index contributed by atoms with van der Waals surface area (Å²) in [7, 11) is 0. The van der Waals surface area contributed by atoms with Crippen LogP contribution in [0.25, 0.3) is 10.9 Å². The highest BCUT2D eigenvalue weighted by molar-refractivity contribution is 8.00. The van der Waals surface area contributed by atoms with Gasteiger partial charge in [-0.3, -0.25) is 14.2 Å². The van der Waals surface area contributed by atoms with E-state index < -0.39 is 11.2 Å². The summed E-state index contributed by atoms with van der Waals surface area (Å²) >= 11 is 1.25. The van der Waals surface area contributed by atoms with Crippen LogP contribution in [0.3, 0.4) is 0 Å². The second-order valence-corrected chi connectivity index (χ2v) is 8.23. The van der Waals surface area contributed by atoms with Crippen molar-refractivity contribution >= 4 is 28.6 Å². The van der Waals surface area contributed by atoms with Crippen molar-refractivity contribution in [1.82, 2.24) is 9.55 Å². The molecule has 0 saturated carbocycles. The van der Waals surface area contributed by atoms with Crippen LogP contribution in [0, 0.1) is 5.92 Å².